The fourth-order valence-corrected chi connectivity index (χ4v) is 3.31. The first-order chi connectivity index (χ1) is 12.3. The highest BCUT2D eigenvalue weighted by Crippen LogP contribution is 2.23. The van der Waals surface area contributed by atoms with E-state index >= 15 is 0 Å². The van der Waals surface area contributed by atoms with Crippen molar-refractivity contribution in [2.45, 2.75) is 24.2 Å². The topological polar surface area (TPSA) is 110 Å². The van der Waals surface area contributed by atoms with Gasteiger partial charge >= 0.3 is 11.9 Å². The molecule has 2 aromatic rings. The van der Waals surface area contributed by atoms with Crippen molar-refractivity contribution in [3.05, 3.63) is 60.2 Å². The average molecular weight is 377 g/mol. The van der Waals surface area contributed by atoms with Crippen molar-refractivity contribution < 1.29 is 27.9 Å². The number of carbonyl (C=O) groups is 2. The summed E-state index contributed by atoms with van der Waals surface area (Å²) in [6.45, 7) is 1.16. The Morgan fingerprint density at radius 1 is 1.08 bits per heavy atom. The summed E-state index contributed by atoms with van der Waals surface area (Å²) in [5, 5.41) is 8.55. The molecule has 2 N–H and O–H groups in total. The molecule has 1 unspecified atom stereocenters. The number of rotatable bonds is 8. The number of carbonyl (C=O) groups excluding carboxylic acids is 1. The van der Waals surface area contributed by atoms with E-state index < -0.39 is 34.4 Å². The quantitative estimate of drug-likeness (QED) is 0.539. The van der Waals surface area contributed by atoms with Crippen LogP contribution >= 0.6 is 0 Å². The van der Waals surface area contributed by atoms with Gasteiger partial charge in [-0.3, -0.25) is 9.59 Å². The normalized spacial score (nSPS) is 12.3. The van der Waals surface area contributed by atoms with Gasteiger partial charge in [0.2, 0.25) is 10.0 Å². The molecule has 0 fully saturated rings. The number of carboxylic acid groups (broad SMARTS) is 1. The second-order valence-electron chi connectivity index (χ2n) is 5.48. The van der Waals surface area contributed by atoms with Gasteiger partial charge in [-0.2, -0.15) is 4.72 Å². The molecule has 0 heterocycles. The Labute approximate surface area is 151 Å². The van der Waals surface area contributed by atoms with Crippen LogP contribution in [0.1, 0.15) is 24.8 Å². The molecule has 7 nitrogen and oxygen atoms in total. The van der Waals surface area contributed by atoms with E-state index in [9.17, 15) is 18.0 Å². The molecule has 0 aliphatic heterocycles. The maximum absolute atomic E-state index is 12.4. The van der Waals surface area contributed by atoms with Gasteiger partial charge in [0.05, 0.1) is 10.8 Å². The Bertz CT molecular complexity index is 862. The highest BCUT2D eigenvalue weighted by Gasteiger charge is 2.21. The first-order valence-corrected chi connectivity index (χ1v) is 9.40. The Morgan fingerprint density at radius 2 is 1.69 bits per heavy atom. The molecule has 0 aliphatic carbocycles. The Balaban J connectivity index is 2.09. The van der Waals surface area contributed by atoms with Gasteiger partial charge in [-0.05, 0) is 36.2 Å². The summed E-state index contributed by atoms with van der Waals surface area (Å²) in [5.74, 6) is -1.93. The van der Waals surface area contributed by atoms with Crippen LogP contribution in [0.4, 0.5) is 0 Å². The van der Waals surface area contributed by atoms with Gasteiger partial charge in [0.1, 0.15) is 12.3 Å². The molecule has 0 radical (unpaired) electrons. The van der Waals surface area contributed by atoms with E-state index in [2.05, 4.69) is 0 Å². The van der Waals surface area contributed by atoms with Crippen molar-refractivity contribution in [1.29, 1.82) is 0 Å². The summed E-state index contributed by atoms with van der Waals surface area (Å²) in [6.07, 6.45) is 0.564. The van der Waals surface area contributed by atoms with E-state index in [4.69, 9.17) is 9.84 Å². The molecule has 0 aromatic heterocycles. The Kier molecular flexibility index (Phi) is 6.48. The zero-order valence-corrected chi connectivity index (χ0v) is 14.9. The number of hydrogen-bond acceptors (Lipinski definition) is 5. The lowest BCUT2D eigenvalue weighted by Gasteiger charge is -2.14. The van der Waals surface area contributed by atoms with Gasteiger partial charge in [0.15, 0.2) is 0 Å². The standard InChI is InChI=1S/C18H19NO6S/c1-2-16(13-6-4-3-5-7-13)18(22)25-14-8-10-15(11-9-14)26(23,24)19-12-17(20)21/h3-11,16,19H,2,12H2,1H3,(H,20,21). The van der Waals surface area contributed by atoms with E-state index in [1.165, 1.54) is 24.3 Å². The molecule has 0 amide bonds. The molecular weight excluding hydrogens is 358 g/mol. The highest BCUT2D eigenvalue weighted by atomic mass is 32.2. The largest absolute Gasteiger partial charge is 0.480 e. The molecule has 138 valence electrons. The number of carboxylic acids is 1. The van der Waals surface area contributed by atoms with Gasteiger partial charge in [0, 0.05) is 0 Å². The summed E-state index contributed by atoms with van der Waals surface area (Å²) in [4.78, 5) is 22.7. The van der Waals surface area contributed by atoms with Crippen molar-refractivity contribution in [2.24, 2.45) is 0 Å². The Morgan fingerprint density at radius 3 is 2.23 bits per heavy atom. The predicted octanol–water partition coefficient (Wildman–Crippen LogP) is 2.15. The molecular formula is C18H19NO6S. The SMILES string of the molecule is CCC(C(=O)Oc1ccc(S(=O)(=O)NCC(=O)O)cc1)c1ccccc1. The molecule has 2 aromatic carbocycles. The molecule has 0 aliphatic rings. The zero-order chi connectivity index (χ0) is 19.2. The van der Waals surface area contributed by atoms with Crippen LogP contribution in [0, 0.1) is 0 Å². The van der Waals surface area contributed by atoms with E-state index in [0.29, 0.717) is 6.42 Å². The minimum absolute atomic E-state index is 0.117. The van der Waals surface area contributed by atoms with Crippen LogP contribution in [0.5, 0.6) is 5.75 Å². The molecule has 1 atom stereocenters. The van der Waals surface area contributed by atoms with E-state index in [-0.39, 0.29) is 10.6 Å². The molecule has 0 saturated carbocycles. The van der Waals surface area contributed by atoms with Crippen LogP contribution in [-0.2, 0) is 19.6 Å². The van der Waals surface area contributed by atoms with Crippen LogP contribution in [-0.4, -0.2) is 32.0 Å². The van der Waals surface area contributed by atoms with Crippen LogP contribution < -0.4 is 9.46 Å². The number of nitrogens with one attached hydrogen (secondary N) is 1. The molecule has 0 bridgehead atoms. The van der Waals surface area contributed by atoms with Gasteiger partial charge in [-0.1, -0.05) is 37.3 Å². The minimum atomic E-state index is -3.94. The summed E-state index contributed by atoms with van der Waals surface area (Å²) < 4.78 is 31.1. The maximum Gasteiger partial charge on any atom is 0.318 e. The van der Waals surface area contributed by atoms with Crippen molar-refractivity contribution in [3.63, 3.8) is 0 Å². The smallest absolute Gasteiger partial charge is 0.318 e. The van der Waals surface area contributed by atoms with Gasteiger partial charge < -0.3 is 9.84 Å². The van der Waals surface area contributed by atoms with Crippen LogP contribution in [0.25, 0.3) is 0 Å². The minimum Gasteiger partial charge on any atom is -0.480 e. The number of benzene rings is 2. The number of esters is 1. The highest BCUT2D eigenvalue weighted by molar-refractivity contribution is 7.89. The third-order valence-electron chi connectivity index (χ3n) is 3.66. The van der Waals surface area contributed by atoms with E-state index in [1.54, 1.807) is 0 Å². The molecule has 8 heteroatoms. The van der Waals surface area contributed by atoms with Gasteiger partial charge in [0.25, 0.3) is 0 Å². The molecule has 0 spiro atoms. The zero-order valence-electron chi connectivity index (χ0n) is 14.1. The van der Waals surface area contributed by atoms with Crippen LogP contribution in [0.15, 0.2) is 59.5 Å². The molecule has 0 saturated heterocycles. The predicted molar refractivity (Wildman–Crippen MR) is 94.4 cm³/mol. The first kappa shape index (κ1) is 19.6. The second kappa shape index (κ2) is 8.59. The monoisotopic (exact) mass is 377 g/mol. The van der Waals surface area contributed by atoms with Crippen molar-refractivity contribution in [1.82, 2.24) is 4.72 Å². The number of hydrogen-bond donors (Lipinski definition) is 2. The average Bonchev–Trinajstić information content (AvgIpc) is 2.62. The number of sulfonamides is 1. The fraction of sp³-hybridized carbons (Fsp3) is 0.222. The summed E-state index contributed by atoms with van der Waals surface area (Å²) in [7, 11) is -3.94. The number of aliphatic carboxylic acids is 1. The summed E-state index contributed by atoms with van der Waals surface area (Å²) in [5.41, 5.74) is 0.845. The van der Waals surface area contributed by atoms with Gasteiger partial charge in [-0.15, -0.1) is 0 Å². The lowest BCUT2D eigenvalue weighted by atomic mass is 9.97. The fourth-order valence-electron chi connectivity index (χ4n) is 2.34. The Hall–Kier alpha value is -2.71. The lowest BCUT2D eigenvalue weighted by Crippen LogP contribution is -2.29. The van der Waals surface area contributed by atoms with Crippen molar-refractivity contribution in [2.75, 3.05) is 6.54 Å². The first-order valence-electron chi connectivity index (χ1n) is 7.91. The van der Waals surface area contributed by atoms with Crippen molar-refractivity contribution in [3.8, 4) is 5.75 Å². The second-order valence-corrected chi connectivity index (χ2v) is 7.25. The molecule has 26 heavy (non-hydrogen) atoms. The summed E-state index contributed by atoms with van der Waals surface area (Å²) in [6, 6.07) is 14.4. The van der Waals surface area contributed by atoms with E-state index in [0.717, 1.165) is 5.56 Å². The third kappa shape index (κ3) is 5.14. The van der Waals surface area contributed by atoms with Crippen LogP contribution in [0.2, 0.25) is 0 Å². The maximum atomic E-state index is 12.4. The van der Waals surface area contributed by atoms with Crippen LogP contribution in [0.3, 0.4) is 0 Å². The lowest BCUT2D eigenvalue weighted by molar-refractivity contribution is -0.136. The van der Waals surface area contributed by atoms with E-state index in [1.807, 2.05) is 42.0 Å². The number of ether oxygens (including phenoxy) is 1. The van der Waals surface area contributed by atoms with Crippen molar-refractivity contribution >= 4 is 22.0 Å². The summed E-state index contributed by atoms with van der Waals surface area (Å²) >= 11 is 0. The molecule has 2 rings (SSSR count). The third-order valence-corrected chi connectivity index (χ3v) is 5.08. The van der Waals surface area contributed by atoms with Gasteiger partial charge in [-0.25, -0.2) is 8.42 Å².